The van der Waals surface area contributed by atoms with Crippen molar-refractivity contribution in [2.75, 3.05) is 19.9 Å². The standard InChI is InChI=1S/C19H23NO4/c1-13-3-5-17(7-14(13)2)22-11-16(21)10-20-9-15-4-6-18-19(8-15)24-12-23-18/h3-8,16,20-21H,9-12H2,1-2H3/t16-/m0/s1. The Labute approximate surface area is 142 Å². The molecule has 24 heavy (non-hydrogen) atoms. The average Bonchev–Trinajstić information content (AvgIpc) is 3.04. The fourth-order valence-electron chi connectivity index (χ4n) is 2.49. The van der Waals surface area contributed by atoms with Crippen LogP contribution in [0.1, 0.15) is 16.7 Å². The van der Waals surface area contributed by atoms with Gasteiger partial charge in [0.1, 0.15) is 18.5 Å². The van der Waals surface area contributed by atoms with E-state index in [2.05, 4.69) is 12.2 Å². The van der Waals surface area contributed by atoms with Crippen LogP contribution in [0.2, 0.25) is 0 Å². The lowest BCUT2D eigenvalue weighted by atomic mass is 10.1. The van der Waals surface area contributed by atoms with E-state index in [4.69, 9.17) is 14.2 Å². The molecule has 1 heterocycles. The summed E-state index contributed by atoms with van der Waals surface area (Å²) in [5.41, 5.74) is 3.50. The van der Waals surface area contributed by atoms with E-state index < -0.39 is 6.10 Å². The van der Waals surface area contributed by atoms with Crippen LogP contribution in [0.5, 0.6) is 17.2 Å². The molecule has 1 aliphatic heterocycles. The van der Waals surface area contributed by atoms with Crippen LogP contribution in [0.4, 0.5) is 0 Å². The number of rotatable bonds is 7. The highest BCUT2D eigenvalue weighted by atomic mass is 16.7. The monoisotopic (exact) mass is 329 g/mol. The number of nitrogens with one attached hydrogen (secondary N) is 1. The van der Waals surface area contributed by atoms with Gasteiger partial charge in [0.2, 0.25) is 6.79 Å². The number of aliphatic hydroxyl groups excluding tert-OH is 1. The minimum atomic E-state index is -0.569. The van der Waals surface area contributed by atoms with Crippen molar-refractivity contribution in [1.82, 2.24) is 5.32 Å². The Hall–Kier alpha value is -2.24. The summed E-state index contributed by atoms with van der Waals surface area (Å²) in [5.74, 6) is 2.33. The third-order valence-electron chi connectivity index (χ3n) is 4.07. The van der Waals surface area contributed by atoms with Gasteiger partial charge >= 0.3 is 0 Å². The zero-order valence-electron chi connectivity index (χ0n) is 14.0. The molecule has 1 aliphatic rings. The van der Waals surface area contributed by atoms with E-state index in [1.807, 2.05) is 43.3 Å². The molecule has 0 spiro atoms. The van der Waals surface area contributed by atoms with Crippen LogP contribution in [-0.2, 0) is 6.54 Å². The molecule has 0 amide bonds. The van der Waals surface area contributed by atoms with E-state index in [1.165, 1.54) is 11.1 Å². The van der Waals surface area contributed by atoms with Gasteiger partial charge in [0.25, 0.3) is 0 Å². The summed E-state index contributed by atoms with van der Waals surface area (Å²) >= 11 is 0. The Kier molecular flexibility index (Phi) is 5.23. The predicted octanol–water partition coefficient (Wildman–Crippen LogP) is 2.56. The number of ether oxygens (including phenoxy) is 3. The fraction of sp³-hybridized carbons (Fsp3) is 0.368. The summed E-state index contributed by atoms with van der Waals surface area (Å²) in [4.78, 5) is 0. The van der Waals surface area contributed by atoms with Gasteiger partial charge in [-0.1, -0.05) is 12.1 Å². The van der Waals surface area contributed by atoms with Gasteiger partial charge in [0, 0.05) is 13.1 Å². The third-order valence-corrected chi connectivity index (χ3v) is 4.07. The molecule has 0 radical (unpaired) electrons. The van der Waals surface area contributed by atoms with Crippen LogP contribution < -0.4 is 19.5 Å². The van der Waals surface area contributed by atoms with Crippen molar-refractivity contribution in [3.63, 3.8) is 0 Å². The van der Waals surface area contributed by atoms with Crippen LogP contribution in [0.25, 0.3) is 0 Å². The largest absolute Gasteiger partial charge is 0.491 e. The highest BCUT2D eigenvalue weighted by molar-refractivity contribution is 5.44. The SMILES string of the molecule is Cc1ccc(OC[C@@H](O)CNCc2ccc3c(c2)OCO3)cc1C. The number of fused-ring (bicyclic) bond motifs is 1. The summed E-state index contributed by atoms with van der Waals surface area (Å²) in [6, 6.07) is 11.8. The molecule has 2 aromatic rings. The van der Waals surface area contributed by atoms with Gasteiger partial charge < -0.3 is 24.6 Å². The Morgan fingerprint density at radius 1 is 1.08 bits per heavy atom. The Morgan fingerprint density at radius 2 is 1.92 bits per heavy atom. The normalized spacial score (nSPS) is 13.8. The molecule has 1 atom stereocenters. The number of benzene rings is 2. The van der Waals surface area contributed by atoms with Crippen molar-refractivity contribution in [1.29, 1.82) is 0 Å². The second-order valence-electron chi connectivity index (χ2n) is 6.03. The summed E-state index contributed by atoms with van der Waals surface area (Å²) in [7, 11) is 0. The molecule has 0 bridgehead atoms. The van der Waals surface area contributed by atoms with Crippen LogP contribution in [0.3, 0.4) is 0 Å². The molecule has 0 unspecified atom stereocenters. The maximum atomic E-state index is 10.0. The van der Waals surface area contributed by atoms with Crippen molar-refractivity contribution >= 4 is 0 Å². The quantitative estimate of drug-likeness (QED) is 0.817. The second-order valence-corrected chi connectivity index (χ2v) is 6.03. The lowest BCUT2D eigenvalue weighted by molar-refractivity contribution is 0.106. The predicted molar refractivity (Wildman–Crippen MR) is 91.7 cm³/mol. The first-order chi connectivity index (χ1) is 11.6. The van der Waals surface area contributed by atoms with Crippen LogP contribution in [-0.4, -0.2) is 31.2 Å². The Morgan fingerprint density at radius 3 is 2.75 bits per heavy atom. The number of hydrogen-bond acceptors (Lipinski definition) is 5. The molecular weight excluding hydrogens is 306 g/mol. The number of aryl methyl sites for hydroxylation is 2. The topological polar surface area (TPSA) is 60.0 Å². The molecule has 0 saturated carbocycles. The van der Waals surface area contributed by atoms with E-state index in [9.17, 15) is 5.11 Å². The van der Waals surface area contributed by atoms with E-state index in [0.29, 0.717) is 13.1 Å². The second kappa shape index (κ2) is 7.55. The van der Waals surface area contributed by atoms with Crippen LogP contribution in [0, 0.1) is 13.8 Å². The summed E-state index contributed by atoms with van der Waals surface area (Å²) in [6.45, 7) is 5.76. The first kappa shape index (κ1) is 16.6. The lowest BCUT2D eigenvalue weighted by Crippen LogP contribution is -2.31. The van der Waals surface area contributed by atoms with Crippen molar-refractivity contribution in [3.05, 3.63) is 53.1 Å². The zero-order chi connectivity index (χ0) is 16.9. The molecule has 3 rings (SSSR count). The van der Waals surface area contributed by atoms with Crippen LogP contribution >= 0.6 is 0 Å². The Bertz CT molecular complexity index is 702. The highest BCUT2D eigenvalue weighted by Crippen LogP contribution is 2.32. The van der Waals surface area contributed by atoms with E-state index >= 15 is 0 Å². The summed E-state index contributed by atoms with van der Waals surface area (Å²) in [5, 5.41) is 13.3. The first-order valence-electron chi connectivity index (χ1n) is 8.09. The number of aliphatic hydroxyl groups is 1. The van der Waals surface area contributed by atoms with Crippen molar-refractivity contribution in [3.8, 4) is 17.2 Å². The molecular formula is C19H23NO4. The van der Waals surface area contributed by atoms with Crippen molar-refractivity contribution in [2.24, 2.45) is 0 Å². The first-order valence-corrected chi connectivity index (χ1v) is 8.09. The van der Waals surface area contributed by atoms with E-state index in [-0.39, 0.29) is 13.4 Å². The van der Waals surface area contributed by atoms with E-state index in [1.54, 1.807) is 0 Å². The van der Waals surface area contributed by atoms with Gasteiger partial charge in [-0.2, -0.15) is 0 Å². The number of hydrogen-bond donors (Lipinski definition) is 2. The minimum absolute atomic E-state index is 0.261. The van der Waals surface area contributed by atoms with Gasteiger partial charge in [-0.3, -0.25) is 0 Å². The van der Waals surface area contributed by atoms with Crippen molar-refractivity contribution < 1.29 is 19.3 Å². The highest BCUT2D eigenvalue weighted by Gasteiger charge is 2.13. The molecule has 2 N–H and O–H groups in total. The van der Waals surface area contributed by atoms with Gasteiger partial charge in [-0.25, -0.2) is 0 Å². The summed E-state index contributed by atoms with van der Waals surface area (Å²) < 4.78 is 16.3. The minimum Gasteiger partial charge on any atom is -0.491 e. The van der Waals surface area contributed by atoms with Gasteiger partial charge in [-0.15, -0.1) is 0 Å². The van der Waals surface area contributed by atoms with E-state index in [0.717, 1.165) is 22.8 Å². The van der Waals surface area contributed by atoms with Gasteiger partial charge in [-0.05, 0) is 54.8 Å². The molecule has 0 fully saturated rings. The average molecular weight is 329 g/mol. The zero-order valence-corrected chi connectivity index (χ0v) is 14.0. The van der Waals surface area contributed by atoms with Crippen molar-refractivity contribution in [2.45, 2.75) is 26.5 Å². The lowest BCUT2D eigenvalue weighted by Gasteiger charge is -2.14. The smallest absolute Gasteiger partial charge is 0.231 e. The maximum Gasteiger partial charge on any atom is 0.231 e. The third kappa shape index (κ3) is 4.19. The fourth-order valence-corrected chi connectivity index (χ4v) is 2.49. The molecule has 5 heteroatoms. The molecule has 0 aliphatic carbocycles. The van der Waals surface area contributed by atoms with Gasteiger partial charge in [0.05, 0.1) is 0 Å². The molecule has 5 nitrogen and oxygen atoms in total. The van der Waals surface area contributed by atoms with Gasteiger partial charge in [0.15, 0.2) is 11.5 Å². The summed E-state index contributed by atoms with van der Waals surface area (Å²) in [6.07, 6.45) is -0.569. The Balaban J connectivity index is 1.41. The molecule has 2 aromatic carbocycles. The maximum absolute atomic E-state index is 10.0. The molecule has 0 saturated heterocycles. The van der Waals surface area contributed by atoms with Crippen LogP contribution in [0.15, 0.2) is 36.4 Å². The molecule has 128 valence electrons. The molecule has 0 aromatic heterocycles.